The zero-order chi connectivity index (χ0) is 11.4. The SMILES string of the molecule is O=C1C[C@H]2Oc3cc(O)c(Br)cc3[C@H](O)N12. The van der Waals surface area contributed by atoms with E-state index < -0.39 is 12.5 Å². The average Bonchev–Trinajstić information content (AvgIpc) is 2.20. The van der Waals surface area contributed by atoms with Gasteiger partial charge in [-0.3, -0.25) is 9.69 Å². The summed E-state index contributed by atoms with van der Waals surface area (Å²) in [5.74, 6) is 0.333. The lowest BCUT2D eigenvalue weighted by molar-refractivity contribution is -0.192. The summed E-state index contributed by atoms with van der Waals surface area (Å²) in [6.07, 6.45) is -1.13. The van der Waals surface area contributed by atoms with Crippen molar-refractivity contribution in [3.63, 3.8) is 0 Å². The molecular formula is C10H8BrNO4. The molecule has 1 fully saturated rings. The third-order valence-electron chi connectivity index (χ3n) is 2.83. The Hall–Kier alpha value is -1.27. The number of hydrogen-bond donors (Lipinski definition) is 2. The molecule has 1 aromatic rings. The van der Waals surface area contributed by atoms with Crippen LogP contribution in [0.2, 0.25) is 0 Å². The van der Waals surface area contributed by atoms with Gasteiger partial charge in [0.05, 0.1) is 10.9 Å². The van der Waals surface area contributed by atoms with Crippen LogP contribution in [0.1, 0.15) is 18.2 Å². The van der Waals surface area contributed by atoms with E-state index in [0.717, 1.165) is 0 Å². The van der Waals surface area contributed by atoms with E-state index in [1.54, 1.807) is 6.07 Å². The van der Waals surface area contributed by atoms with Gasteiger partial charge in [-0.05, 0) is 22.0 Å². The number of aromatic hydroxyl groups is 1. The number of phenols is 1. The van der Waals surface area contributed by atoms with Crippen LogP contribution in [0.25, 0.3) is 0 Å². The molecule has 2 aliphatic heterocycles. The number of β-lactam (4-membered cyclic amide) rings is 1. The van der Waals surface area contributed by atoms with Gasteiger partial charge in [0.2, 0.25) is 5.91 Å². The molecule has 2 N–H and O–H groups in total. The second-order valence-corrected chi connectivity index (χ2v) is 4.65. The van der Waals surface area contributed by atoms with Crippen LogP contribution in [-0.4, -0.2) is 27.2 Å². The van der Waals surface area contributed by atoms with E-state index in [1.165, 1.54) is 11.0 Å². The predicted octanol–water partition coefficient (Wildman–Crippen LogP) is 1.10. The Morgan fingerprint density at radius 1 is 1.50 bits per heavy atom. The van der Waals surface area contributed by atoms with Crippen LogP contribution in [0.3, 0.4) is 0 Å². The minimum atomic E-state index is -0.994. The summed E-state index contributed by atoms with van der Waals surface area (Å²) < 4.78 is 5.93. The highest BCUT2D eigenvalue weighted by molar-refractivity contribution is 9.10. The molecule has 0 aromatic heterocycles. The molecule has 0 spiro atoms. The molecule has 84 valence electrons. The molecule has 6 heteroatoms. The molecule has 2 atom stereocenters. The Morgan fingerprint density at radius 3 is 2.94 bits per heavy atom. The van der Waals surface area contributed by atoms with E-state index in [9.17, 15) is 15.0 Å². The van der Waals surface area contributed by atoms with Crippen molar-refractivity contribution in [3.05, 3.63) is 22.2 Å². The lowest BCUT2D eigenvalue weighted by Gasteiger charge is -2.46. The minimum absolute atomic E-state index is 0.0463. The number of ether oxygens (including phenoxy) is 1. The highest BCUT2D eigenvalue weighted by atomic mass is 79.9. The van der Waals surface area contributed by atoms with Gasteiger partial charge < -0.3 is 14.9 Å². The molecule has 1 saturated heterocycles. The topological polar surface area (TPSA) is 70.0 Å². The molecule has 0 unspecified atom stereocenters. The molecule has 0 aliphatic carbocycles. The maximum atomic E-state index is 11.3. The van der Waals surface area contributed by atoms with Crippen LogP contribution in [0.5, 0.6) is 11.5 Å². The number of halogens is 1. The van der Waals surface area contributed by atoms with Crippen molar-refractivity contribution in [3.8, 4) is 11.5 Å². The number of aliphatic hydroxyl groups excluding tert-OH is 1. The monoisotopic (exact) mass is 285 g/mol. The van der Waals surface area contributed by atoms with Crippen molar-refractivity contribution < 1.29 is 19.7 Å². The molecule has 0 bridgehead atoms. The first kappa shape index (κ1) is 9.92. The summed E-state index contributed by atoms with van der Waals surface area (Å²) >= 11 is 3.15. The van der Waals surface area contributed by atoms with E-state index in [2.05, 4.69) is 15.9 Å². The van der Waals surface area contributed by atoms with Gasteiger partial charge in [0, 0.05) is 11.6 Å². The first-order valence-corrected chi connectivity index (χ1v) is 5.55. The smallest absolute Gasteiger partial charge is 0.233 e. The van der Waals surface area contributed by atoms with Crippen LogP contribution >= 0.6 is 15.9 Å². The number of amides is 1. The van der Waals surface area contributed by atoms with Crippen molar-refractivity contribution in [2.75, 3.05) is 0 Å². The highest BCUT2D eigenvalue weighted by Crippen LogP contribution is 2.44. The van der Waals surface area contributed by atoms with E-state index >= 15 is 0 Å². The zero-order valence-electron chi connectivity index (χ0n) is 8.05. The summed E-state index contributed by atoms with van der Waals surface area (Å²) in [7, 11) is 0. The fourth-order valence-electron chi connectivity index (χ4n) is 1.95. The molecular weight excluding hydrogens is 278 g/mol. The van der Waals surface area contributed by atoms with Gasteiger partial charge in [-0.15, -0.1) is 0 Å². The third-order valence-corrected chi connectivity index (χ3v) is 3.47. The number of hydrogen-bond acceptors (Lipinski definition) is 4. The normalized spacial score (nSPS) is 26.6. The number of rotatable bonds is 0. The number of carbonyl (C=O) groups is 1. The summed E-state index contributed by atoms with van der Waals surface area (Å²) in [6.45, 7) is 0. The van der Waals surface area contributed by atoms with Gasteiger partial charge >= 0.3 is 0 Å². The zero-order valence-corrected chi connectivity index (χ0v) is 9.64. The molecule has 1 amide bonds. The minimum Gasteiger partial charge on any atom is -0.507 e. The van der Waals surface area contributed by atoms with Gasteiger partial charge in [-0.2, -0.15) is 0 Å². The molecule has 16 heavy (non-hydrogen) atoms. The predicted molar refractivity (Wildman–Crippen MR) is 56.6 cm³/mol. The Labute approximate surface area is 99.4 Å². The molecule has 0 saturated carbocycles. The van der Waals surface area contributed by atoms with Crippen LogP contribution in [0, 0.1) is 0 Å². The van der Waals surface area contributed by atoms with Crippen LogP contribution < -0.4 is 4.74 Å². The first-order chi connectivity index (χ1) is 7.58. The lowest BCUT2D eigenvalue weighted by atomic mass is 10.0. The van der Waals surface area contributed by atoms with Crippen molar-refractivity contribution in [2.45, 2.75) is 18.9 Å². The quantitative estimate of drug-likeness (QED) is 0.701. The van der Waals surface area contributed by atoms with Gasteiger partial charge in [-0.1, -0.05) is 0 Å². The van der Waals surface area contributed by atoms with E-state index in [1.807, 2.05) is 0 Å². The van der Waals surface area contributed by atoms with Crippen LogP contribution in [-0.2, 0) is 4.79 Å². The van der Waals surface area contributed by atoms with Gasteiger partial charge in [0.15, 0.2) is 12.5 Å². The fourth-order valence-corrected chi connectivity index (χ4v) is 2.31. The summed E-state index contributed by atoms with van der Waals surface area (Å²) in [4.78, 5) is 12.5. The average molecular weight is 286 g/mol. The Morgan fingerprint density at radius 2 is 2.25 bits per heavy atom. The Balaban J connectivity index is 2.09. The second-order valence-electron chi connectivity index (χ2n) is 3.79. The number of benzene rings is 1. The van der Waals surface area contributed by atoms with Crippen molar-refractivity contribution in [1.29, 1.82) is 0 Å². The number of carbonyl (C=O) groups excluding carboxylic acids is 1. The van der Waals surface area contributed by atoms with Crippen LogP contribution in [0.4, 0.5) is 0 Å². The van der Waals surface area contributed by atoms with Crippen LogP contribution in [0.15, 0.2) is 16.6 Å². The summed E-state index contributed by atoms with van der Waals surface area (Å²) in [5.41, 5.74) is 0.481. The molecule has 5 nitrogen and oxygen atoms in total. The standard InChI is InChI=1S/C10H8BrNO4/c11-5-1-4-7(2-6(5)13)16-9-3-8(14)12(9)10(4)15/h1-2,9-10,13,15H,3H2/t9-,10+/m1/s1. The van der Waals surface area contributed by atoms with Gasteiger partial charge in [0.25, 0.3) is 0 Å². The largest absolute Gasteiger partial charge is 0.507 e. The molecule has 2 heterocycles. The Bertz CT molecular complexity index is 490. The Kier molecular flexibility index (Phi) is 1.93. The number of phenolic OH excluding ortho intramolecular Hbond substituents is 1. The maximum absolute atomic E-state index is 11.3. The third kappa shape index (κ3) is 1.17. The lowest BCUT2D eigenvalue weighted by Crippen LogP contribution is -2.59. The van der Waals surface area contributed by atoms with Crippen molar-refractivity contribution in [2.24, 2.45) is 0 Å². The summed E-state index contributed by atoms with van der Waals surface area (Å²) in [5, 5.41) is 19.5. The first-order valence-electron chi connectivity index (χ1n) is 4.76. The highest BCUT2D eigenvalue weighted by Gasteiger charge is 2.47. The van der Waals surface area contributed by atoms with Gasteiger partial charge in [0.1, 0.15) is 11.5 Å². The summed E-state index contributed by atoms with van der Waals surface area (Å²) in [6, 6.07) is 2.99. The molecule has 0 radical (unpaired) electrons. The molecule has 3 rings (SSSR count). The van der Waals surface area contributed by atoms with Crippen molar-refractivity contribution >= 4 is 21.8 Å². The number of aliphatic hydroxyl groups is 1. The van der Waals surface area contributed by atoms with E-state index in [-0.39, 0.29) is 18.1 Å². The number of fused-ring (bicyclic) bond motifs is 2. The van der Waals surface area contributed by atoms with E-state index in [4.69, 9.17) is 4.74 Å². The van der Waals surface area contributed by atoms with Crippen molar-refractivity contribution in [1.82, 2.24) is 4.90 Å². The van der Waals surface area contributed by atoms with Gasteiger partial charge in [-0.25, -0.2) is 0 Å². The second kappa shape index (κ2) is 3.11. The number of nitrogens with zero attached hydrogens (tertiary/aromatic N) is 1. The maximum Gasteiger partial charge on any atom is 0.233 e. The molecule has 2 aliphatic rings. The van der Waals surface area contributed by atoms with E-state index in [0.29, 0.717) is 15.8 Å². The fraction of sp³-hybridized carbons (Fsp3) is 0.300. The molecule has 1 aromatic carbocycles.